The molecule has 0 rings (SSSR count). The molecule has 0 radical (unpaired) electrons. The predicted octanol–water partition coefficient (Wildman–Crippen LogP) is 2.27. The minimum absolute atomic E-state index is 0.445. The molecule has 70 valence electrons. The first-order valence-electron chi connectivity index (χ1n) is 4.59. The van der Waals surface area contributed by atoms with Crippen LogP contribution in [0.5, 0.6) is 0 Å². The van der Waals surface area contributed by atoms with Crippen LogP contribution in [0.2, 0.25) is 0 Å². The Kier molecular flexibility index (Phi) is 7.55. The quantitative estimate of drug-likeness (QED) is 0.452. The molecule has 12 heavy (non-hydrogen) atoms. The van der Waals surface area contributed by atoms with Gasteiger partial charge in [-0.1, -0.05) is 18.9 Å². The Morgan fingerprint density at radius 2 is 1.58 bits per heavy atom. The van der Waals surface area contributed by atoms with Gasteiger partial charge in [0.05, 0.1) is 5.82 Å². The molecule has 0 fully saturated rings. The van der Waals surface area contributed by atoms with E-state index >= 15 is 0 Å². The lowest BCUT2D eigenvalue weighted by molar-refractivity contribution is 0.651. The first-order valence-corrected chi connectivity index (χ1v) is 4.59. The summed E-state index contributed by atoms with van der Waals surface area (Å²) in [5, 5.41) is 0. The van der Waals surface area contributed by atoms with E-state index in [0.717, 1.165) is 12.8 Å². The van der Waals surface area contributed by atoms with Gasteiger partial charge in [0.15, 0.2) is 0 Å². The fourth-order valence-electron chi connectivity index (χ4n) is 1.06. The van der Waals surface area contributed by atoms with Gasteiger partial charge in [0.1, 0.15) is 0 Å². The average Bonchev–Trinajstić information content (AvgIpc) is 2.02. The molecule has 2 heteroatoms. The number of allylic oxidation sites excluding steroid dienone is 2. The van der Waals surface area contributed by atoms with Crippen LogP contribution in [0, 0.1) is 0 Å². The van der Waals surface area contributed by atoms with Crippen molar-refractivity contribution in [1.29, 1.82) is 0 Å². The molecule has 0 amide bonds. The van der Waals surface area contributed by atoms with E-state index < -0.39 is 0 Å². The van der Waals surface area contributed by atoms with Gasteiger partial charge in [-0.25, -0.2) is 0 Å². The fourth-order valence-corrected chi connectivity index (χ4v) is 1.06. The lowest BCUT2D eigenvalue weighted by Crippen LogP contribution is -2.07. The predicted molar refractivity (Wildman–Crippen MR) is 54.4 cm³/mol. The molecule has 0 aliphatic rings. The van der Waals surface area contributed by atoms with Crippen molar-refractivity contribution in [2.45, 2.75) is 38.5 Å². The second-order valence-electron chi connectivity index (χ2n) is 2.98. The Labute approximate surface area is 75.3 Å². The SMILES string of the molecule is C=CCCCCCCC=C(N)N. The first-order chi connectivity index (χ1) is 5.77. The summed E-state index contributed by atoms with van der Waals surface area (Å²) in [5.41, 5.74) is 10.6. The largest absolute Gasteiger partial charge is 0.386 e. The number of hydrogen-bond acceptors (Lipinski definition) is 2. The molecular formula is C10H20N2. The molecule has 0 aromatic rings. The minimum Gasteiger partial charge on any atom is -0.386 e. The highest BCUT2D eigenvalue weighted by Gasteiger charge is 1.87. The first kappa shape index (κ1) is 11.1. The Morgan fingerprint density at radius 1 is 1.00 bits per heavy atom. The molecule has 2 nitrogen and oxygen atoms in total. The molecule has 0 aliphatic carbocycles. The lowest BCUT2D eigenvalue weighted by Gasteiger charge is -1.96. The highest BCUT2D eigenvalue weighted by Crippen LogP contribution is 2.05. The zero-order chi connectivity index (χ0) is 9.23. The highest BCUT2D eigenvalue weighted by atomic mass is 14.8. The number of hydrogen-bond donors (Lipinski definition) is 2. The van der Waals surface area contributed by atoms with Gasteiger partial charge in [-0.15, -0.1) is 6.58 Å². The second-order valence-corrected chi connectivity index (χ2v) is 2.98. The number of nitrogens with two attached hydrogens (primary N) is 2. The van der Waals surface area contributed by atoms with Crippen molar-refractivity contribution in [2.24, 2.45) is 11.5 Å². The molecule has 0 aliphatic heterocycles. The Morgan fingerprint density at radius 3 is 2.08 bits per heavy atom. The van der Waals surface area contributed by atoms with Crippen LogP contribution in [0.1, 0.15) is 38.5 Å². The highest BCUT2D eigenvalue weighted by molar-refractivity contribution is 4.89. The monoisotopic (exact) mass is 168 g/mol. The van der Waals surface area contributed by atoms with Crippen molar-refractivity contribution in [2.75, 3.05) is 0 Å². The molecule has 0 saturated carbocycles. The summed E-state index contributed by atoms with van der Waals surface area (Å²) in [6, 6.07) is 0. The van der Waals surface area contributed by atoms with Crippen LogP contribution in [-0.4, -0.2) is 0 Å². The smallest absolute Gasteiger partial charge is 0.0892 e. The summed E-state index contributed by atoms with van der Waals surface area (Å²) < 4.78 is 0. The van der Waals surface area contributed by atoms with Crippen LogP contribution in [0.25, 0.3) is 0 Å². The third-order valence-electron chi connectivity index (χ3n) is 1.74. The van der Waals surface area contributed by atoms with Gasteiger partial charge in [-0.3, -0.25) is 0 Å². The van der Waals surface area contributed by atoms with E-state index in [1.807, 2.05) is 12.2 Å². The third-order valence-corrected chi connectivity index (χ3v) is 1.74. The molecular weight excluding hydrogens is 148 g/mol. The standard InChI is InChI=1S/C10H20N2/c1-2-3-4-5-6-7-8-9-10(11)12/h2,9H,1,3-8,11-12H2. The maximum absolute atomic E-state index is 5.28. The van der Waals surface area contributed by atoms with Crippen molar-refractivity contribution in [3.8, 4) is 0 Å². The van der Waals surface area contributed by atoms with E-state index in [1.165, 1.54) is 25.7 Å². The third kappa shape index (κ3) is 9.08. The maximum atomic E-state index is 5.28. The summed E-state index contributed by atoms with van der Waals surface area (Å²) in [6.45, 7) is 3.68. The Hall–Kier alpha value is -0.920. The molecule has 4 N–H and O–H groups in total. The normalized spacial score (nSPS) is 9.33. The van der Waals surface area contributed by atoms with Crippen LogP contribution in [0.4, 0.5) is 0 Å². The zero-order valence-electron chi connectivity index (χ0n) is 7.76. The van der Waals surface area contributed by atoms with Crippen LogP contribution < -0.4 is 11.5 Å². The Balaban J connectivity index is 3.00. The van der Waals surface area contributed by atoms with Gasteiger partial charge in [0.2, 0.25) is 0 Å². The number of rotatable bonds is 7. The van der Waals surface area contributed by atoms with Gasteiger partial charge in [0.25, 0.3) is 0 Å². The van der Waals surface area contributed by atoms with Crippen molar-refractivity contribution in [1.82, 2.24) is 0 Å². The lowest BCUT2D eigenvalue weighted by atomic mass is 10.1. The average molecular weight is 168 g/mol. The second kappa shape index (κ2) is 8.18. The van der Waals surface area contributed by atoms with Crippen LogP contribution in [-0.2, 0) is 0 Å². The summed E-state index contributed by atoms with van der Waals surface area (Å²) >= 11 is 0. The van der Waals surface area contributed by atoms with Crippen molar-refractivity contribution in [3.63, 3.8) is 0 Å². The van der Waals surface area contributed by atoms with Crippen molar-refractivity contribution < 1.29 is 0 Å². The topological polar surface area (TPSA) is 52.0 Å². The molecule has 0 aromatic carbocycles. The van der Waals surface area contributed by atoms with Gasteiger partial charge < -0.3 is 11.5 Å². The summed E-state index contributed by atoms with van der Waals surface area (Å²) in [6.07, 6.45) is 11.0. The van der Waals surface area contributed by atoms with E-state index in [2.05, 4.69) is 6.58 Å². The zero-order valence-corrected chi connectivity index (χ0v) is 7.76. The fraction of sp³-hybridized carbons (Fsp3) is 0.600. The van der Waals surface area contributed by atoms with Crippen LogP contribution in [0.15, 0.2) is 24.6 Å². The minimum atomic E-state index is 0.445. The van der Waals surface area contributed by atoms with E-state index in [9.17, 15) is 0 Å². The van der Waals surface area contributed by atoms with E-state index in [0.29, 0.717) is 5.82 Å². The van der Waals surface area contributed by atoms with Gasteiger partial charge in [-0.05, 0) is 31.8 Å². The van der Waals surface area contributed by atoms with Crippen LogP contribution in [0.3, 0.4) is 0 Å². The van der Waals surface area contributed by atoms with Crippen molar-refractivity contribution >= 4 is 0 Å². The molecule has 0 unspecified atom stereocenters. The number of unbranched alkanes of at least 4 members (excludes halogenated alkanes) is 5. The van der Waals surface area contributed by atoms with Crippen LogP contribution >= 0.6 is 0 Å². The molecule has 0 atom stereocenters. The van der Waals surface area contributed by atoms with E-state index in [1.54, 1.807) is 0 Å². The van der Waals surface area contributed by atoms with Gasteiger partial charge in [-0.2, -0.15) is 0 Å². The summed E-state index contributed by atoms with van der Waals surface area (Å²) in [5.74, 6) is 0.445. The Bertz CT molecular complexity index is 135. The summed E-state index contributed by atoms with van der Waals surface area (Å²) in [4.78, 5) is 0. The van der Waals surface area contributed by atoms with Gasteiger partial charge >= 0.3 is 0 Å². The molecule has 0 saturated heterocycles. The van der Waals surface area contributed by atoms with Crippen molar-refractivity contribution in [3.05, 3.63) is 24.6 Å². The molecule has 0 spiro atoms. The van der Waals surface area contributed by atoms with E-state index in [-0.39, 0.29) is 0 Å². The molecule has 0 bridgehead atoms. The molecule has 0 aromatic heterocycles. The molecule has 0 heterocycles. The maximum Gasteiger partial charge on any atom is 0.0892 e. The van der Waals surface area contributed by atoms with Gasteiger partial charge in [0, 0.05) is 0 Å². The van der Waals surface area contributed by atoms with E-state index in [4.69, 9.17) is 11.5 Å². The summed E-state index contributed by atoms with van der Waals surface area (Å²) in [7, 11) is 0.